The average Bonchev–Trinajstić information content (AvgIpc) is 2.47. The second-order valence-corrected chi connectivity index (χ2v) is 5.22. The van der Waals surface area contributed by atoms with Crippen LogP contribution in [0.5, 0.6) is 0 Å². The minimum atomic E-state index is -3.80. The van der Waals surface area contributed by atoms with Crippen LogP contribution in [0.2, 0.25) is 0 Å². The molecule has 1 aromatic rings. The standard InChI is InChI=1S/C8H16N4O3S/c1-6(5-15-3)4-7-10-11-8(12(7)2)16(9,13)14/h6H,4-5H2,1-3H3,(H2,9,13,14). The normalized spacial score (nSPS) is 14.0. The van der Waals surface area contributed by atoms with Crippen LogP contribution in [0, 0.1) is 5.92 Å². The molecular weight excluding hydrogens is 232 g/mol. The number of rotatable bonds is 5. The summed E-state index contributed by atoms with van der Waals surface area (Å²) in [7, 11) is -0.611. The van der Waals surface area contributed by atoms with Crippen LogP contribution < -0.4 is 5.14 Å². The number of nitrogens with two attached hydrogens (primary N) is 1. The number of hydrogen-bond donors (Lipinski definition) is 1. The topological polar surface area (TPSA) is 100 Å². The molecule has 0 aliphatic carbocycles. The molecule has 0 aromatic carbocycles. The molecule has 8 heteroatoms. The lowest BCUT2D eigenvalue weighted by Gasteiger charge is -2.09. The van der Waals surface area contributed by atoms with Crippen molar-refractivity contribution in [3.05, 3.63) is 5.82 Å². The van der Waals surface area contributed by atoms with Crippen molar-refractivity contribution in [2.24, 2.45) is 18.1 Å². The molecular formula is C8H16N4O3S. The molecule has 0 radical (unpaired) electrons. The second-order valence-electron chi connectivity index (χ2n) is 3.77. The molecule has 0 bridgehead atoms. The van der Waals surface area contributed by atoms with E-state index in [1.807, 2.05) is 6.92 Å². The number of sulfonamides is 1. The van der Waals surface area contributed by atoms with Crippen molar-refractivity contribution >= 4 is 10.0 Å². The molecule has 0 aliphatic heterocycles. The first-order valence-corrected chi connectivity index (χ1v) is 6.31. The Morgan fingerprint density at radius 1 is 1.50 bits per heavy atom. The van der Waals surface area contributed by atoms with Crippen LogP contribution in [0.1, 0.15) is 12.7 Å². The van der Waals surface area contributed by atoms with Gasteiger partial charge in [0.1, 0.15) is 5.82 Å². The number of aromatic nitrogens is 3. The Labute approximate surface area is 94.7 Å². The number of nitrogens with zero attached hydrogens (tertiary/aromatic N) is 3. The van der Waals surface area contributed by atoms with Crippen molar-refractivity contribution in [1.29, 1.82) is 0 Å². The van der Waals surface area contributed by atoms with Crippen molar-refractivity contribution in [1.82, 2.24) is 14.8 Å². The summed E-state index contributed by atoms with van der Waals surface area (Å²) >= 11 is 0. The van der Waals surface area contributed by atoms with Crippen LogP contribution in [-0.2, 0) is 28.2 Å². The quantitative estimate of drug-likeness (QED) is 0.741. The van der Waals surface area contributed by atoms with Crippen LogP contribution in [0.25, 0.3) is 0 Å². The predicted octanol–water partition coefficient (Wildman–Crippen LogP) is -0.712. The van der Waals surface area contributed by atoms with Crippen LogP contribution in [0.3, 0.4) is 0 Å². The highest BCUT2D eigenvalue weighted by Crippen LogP contribution is 2.09. The Balaban J connectivity index is 2.89. The molecule has 0 saturated carbocycles. The second kappa shape index (κ2) is 4.89. The van der Waals surface area contributed by atoms with Gasteiger partial charge in [0.05, 0.1) is 0 Å². The maximum atomic E-state index is 11.1. The molecule has 16 heavy (non-hydrogen) atoms. The molecule has 0 amide bonds. The van der Waals surface area contributed by atoms with Crippen molar-refractivity contribution in [2.45, 2.75) is 18.5 Å². The summed E-state index contributed by atoms with van der Waals surface area (Å²) < 4.78 is 28.6. The lowest BCUT2D eigenvalue weighted by Crippen LogP contribution is -2.18. The fourth-order valence-electron chi connectivity index (χ4n) is 1.43. The van der Waals surface area contributed by atoms with Gasteiger partial charge in [0, 0.05) is 27.2 Å². The predicted molar refractivity (Wildman–Crippen MR) is 57.1 cm³/mol. The van der Waals surface area contributed by atoms with Gasteiger partial charge in [-0.05, 0) is 5.92 Å². The third kappa shape index (κ3) is 3.00. The molecule has 1 heterocycles. The minimum absolute atomic E-state index is 0.216. The average molecular weight is 248 g/mol. The van der Waals surface area contributed by atoms with Crippen molar-refractivity contribution in [3.8, 4) is 0 Å². The zero-order chi connectivity index (χ0) is 12.3. The molecule has 2 N–H and O–H groups in total. The highest BCUT2D eigenvalue weighted by Gasteiger charge is 2.19. The third-order valence-electron chi connectivity index (χ3n) is 2.16. The Morgan fingerprint density at radius 3 is 2.56 bits per heavy atom. The lowest BCUT2D eigenvalue weighted by atomic mass is 10.1. The van der Waals surface area contributed by atoms with Crippen LogP contribution in [-0.4, -0.2) is 36.9 Å². The SMILES string of the molecule is COCC(C)Cc1nnc(S(N)(=O)=O)n1C. The molecule has 1 aromatic heterocycles. The largest absolute Gasteiger partial charge is 0.384 e. The van der Waals surface area contributed by atoms with E-state index in [0.29, 0.717) is 18.9 Å². The Morgan fingerprint density at radius 2 is 2.12 bits per heavy atom. The molecule has 92 valence electrons. The highest BCUT2D eigenvalue weighted by molar-refractivity contribution is 7.89. The van der Waals surface area contributed by atoms with E-state index in [4.69, 9.17) is 9.88 Å². The van der Waals surface area contributed by atoms with Gasteiger partial charge in [-0.3, -0.25) is 0 Å². The van der Waals surface area contributed by atoms with Gasteiger partial charge in [-0.15, -0.1) is 10.2 Å². The monoisotopic (exact) mass is 248 g/mol. The number of ether oxygens (including phenoxy) is 1. The molecule has 1 rings (SSSR count). The van der Waals surface area contributed by atoms with Gasteiger partial charge in [0.25, 0.3) is 15.2 Å². The maximum absolute atomic E-state index is 11.1. The summed E-state index contributed by atoms with van der Waals surface area (Å²) in [6, 6.07) is 0. The van der Waals surface area contributed by atoms with E-state index in [1.54, 1.807) is 14.2 Å². The molecule has 7 nitrogen and oxygen atoms in total. The fraction of sp³-hybridized carbons (Fsp3) is 0.750. The van der Waals surface area contributed by atoms with E-state index in [-0.39, 0.29) is 11.1 Å². The summed E-state index contributed by atoms with van der Waals surface area (Å²) in [6.45, 7) is 2.56. The van der Waals surface area contributed by atoms with Gasteiger partial charge < -0.3 is 9.30 Å². The van der Waals surface area contributed by atoms with E-state index in [1.165, 1.54) is 4.57 Å². The van der Waals surface area contributed by atoms with Gasteiger partial charge in [-0.1, -0.05) is 6.92 Å². The third-order valence-corrected chi connectivity index (χ3v) is 3.03. The first-order valence-electron chi connectivity index (χ1n) is 4.76. The van der Waals surface area contributed by atoms with Gasteiger partial charge in [-0.2, -0.15) is 0 Å². The summed E-state index contributed by atoms with van der Waals surface area (Å²) in [5.74, 6) is 0.815. The zero-order valence-corrected chi connectivity index (χ0v) is 10.4. The van der Waals surface area contributed by atoms with Crippen LogP contribution in [0.15, 0.2) is 5.16 Å². The van der Waals surface area contributed by atoms with E-state index in [9.17, 15) is 8.42 Å². The zero-order valence-electron chi connectivity index (χ0n) is 9.54. The number of primary sulfonamides is 1. The highest BCUT2D eigenvalue weighted by atomic mass is 32.2. The van der Waals surface area contributed by atoms with E-state index in [0.717, 1.165) is 0 Å². The van der Waals surface area contributed by atoms with Gasteiger partial charge >= 0.3 is 0 Å². The smallest absolute Gasteiger partial charge is 0.273 e. The van der Waals surface area contributed by atoms with Crippen molar-refractivity contribution < 1.29 is 13.2 Å². The Hall–Kier alpha value is -0.990. The molecule has 0 fully saturated rings. The van der Waals surface area contributed by atoms with Gasteiger partial charge in [0.2, 0.25) is 0 Å². The van der Waals surface area contributed by atoms with Crippen molar-refractivity contribution in [2.75, 3.05) is 13.7 Å². The van der Waals surface area contributed by atoms with E-state index in [2.05, 4.69) is 10.2 Å². The van der Waals surface area contributed by atoms with E-state index < -0.39 is 10.0 Å². The van der Waals surface area contributed by atoms with Crippen molar-refractivity contribution in [3.63, 3.8) is 0 Å². The van der Waals surface area contributed by atoms with E-state index >= 15 is 0 Å². The van der Waals surface area contributed by atoms with Gasteiger partial charge in [0.15, 0.2) is 0 Å². The molecule has 1 unspecified atom stereocenters. The molecule has 1 atom stereocenters. The Kier molecular flexibility index (Phi) is 4.00. The van der Waals surface area contributed by atoms with Gasteiger partial charge in [-0.25, -0.2) is 13.6 Å². The molecule has 0 aliphatic rings. The van der Waals surface area contributed by atoms with Crippen LogP contribution >= 0.6 is 0 Å². The minimum Gasteiger partial charge on any atom is -0.384 e. The first kappa shape index (κ1) is 13.1. The molecule has 0 saturated heterocycles. The number of methoxy groups -OCH3 is 1. The maximum Gasteiger partial charge on any atom is 0.273 e. The summed E-state index contributed by atoms with van der Waals surface area (Å²) in [5.41, 5.74) is 0. The lowest BCUT2D eigenvalue weighted by molar-refractivity contribution is 0.158. The summed E-state index contributed by atoms with van der Waals surface area (Å²) in [5, 5.41) is 12.1. The summed E-state index contributed by atoms with van der Waals surface area (Å²) in [4.78, 5) is 0. The number of hydrogen-bond acceptors (Lipinski definition) is 5. The molecule has 0 spiro atoms. The first-order chi connectivity index (χ1) is 7.36. The van der Waals surface area contributed by atoms with Crippen LogP contribution in [0.4, 0.5) is 0 Å². The Bertz CT molecular complexity index is 454. The fourth-order valence-corrected chi connectivity index (χ4v) is 2.07. The summed E-state index contributed by atoms with van der Waals surface area (Å²) in [6.07, 6.45) is 0.590.